The van der Waals surface area contributed by atoms with Crippen LogP contribution in [0.5, 0.6) is 0 Å². The van der Waals surface area contributed by atoms with E-state index in [1.807, 2.05) is 20.8 Å². The highest BCUT2D eigenvalue weighted by Crippen LogP contribution is 2.31. The molecule has 0 aromatic rings. The molecule has 2 atom stereocenters. The fraction of sp³-hybridized carbons (Fsp3) is 0.889. The van der Waals surface area contributed by atoms with Gasteiger partial charge in [-0.05, 0) is 20.8 Å². The lowest BCUT2D eigenvalue weighted by molar-refractivity contribution is -0.893. The normalized spacial score (nSPS) is 34.9. The number of quaternary nitrogens is 1. The van der Waals surface area contributed by atoms with Crippen molar-refractivity contribution in [2.45, 2.75) is 38.8 Å². The topological polar surface area (TPSA) is 57.5 Å². The van der Waals surface area contributed by atoms with Crippen LogP contribution in [0.25, 0.3) is 0 Å². The molecule has 0 aliphatic carbocycles. The highest BCUT2D eigenvalue weighted by molar-refractivity contribution is 5.57. The van der Waals surface area contributed by atoms with Crippen molar-refractivity contribution >= 4 is 6.09 Å². The van der Waals surface area contributed by atoms with Crippen LogP contribution in [0, 0.1) is 0 Å². The zero-order chi connectivity index (χ0) is 10.3. The minimum atomic E-state index is -0.830. The molecule has 4 nitrogen and oxygen atoms in total. The summed E-state index contributed by atoms with van der Waals surface area (Å²) in [5.41, 5.74) is -0.344. The predicted molar refractivity (Wildman–Crippen MR) is 48.4 cm³/mol. The highest BCUT2D eigenvalue weighted by atomic mass is 16.4. The Morgan fingerprint density at radius 3 is 2.15 bits per heavy atom. The monoisotopic (exact) mass is 188 g/mol. The highest BCUT2D eigenvalue weighted by Gasteiger charge is 2.52. The van der Waals surface area contributed by atoms with E-state index in [-0.39, 0.29) is 10.0 Å². The van der Waals surface area contributed by atoms with Crippen molar-refractivity contribution in [1.29, 1.82) is 0 Å². The zero-order valence-electron chi connectivity index (χ0n) is 8.45. The van der Waals surface area contributed by atoms with Gasteiger partial charge in [0.2, 0.25) is 0 Å². The van der Waals surface area contributed by atoms with Gasteiger partial charge in [0, 0.05) is 6.42 Å². The van der Waals surface area contributed by atoms with E-state index in [9.17, 15) is 15.0 Å². The Morgan fingerprint density at radius 1 is 1.46 bits per heavy atom. The van der Waals surface area contributed by atoms with Gasteiger partial charge in [0.05, 0.1) is 6.54 Å². The molecule has 2 N–H and O–H groups in total. The summed E-state index contributed by atoms with van der Waals surface area (Å²) in [6.45, 7) is 6.57. The first-order valence-electron chi connectivity index (χ1n) is 4.58. The van der Waals surface area contributed by atoms with E-state index in [0.717, 1.165) is 0 Å². The molecule has 4 heteroatoms. The Balaban J connectivity index is 2.97. The number of hydrogen-bond acceptors (Lipinski definition) is 2. The Bertz CT molecular complexity index is 221. The summed E-state index contributed by atoms with van der Waals surface area (Å²) in [7, 11) is 0. The van der Waals surface area contributed by atoms with E-state index in [0.29, 0.717) is 19.5 Å². The van der Waals surface area contributed by atoms with E-state index < -0.39 is 12.2 Å². The molecule has 1 amide bonds. The molecule has 1 rings (SSSR count). The molecule has 0 radical (unpaired) electrons. The van der Waals surface area contributed by atoms with E-state index in [4.69, 9.17) is 0 Å². The van der Waals surface area contributed by atoms with Crippen molar-refractivity contribution in [2.24, 2.45) is 0 Å². The van der Waals surface area contributed by atoms with Gasteiger partial charge >= 0.3 is 6.09 Å². The molecular formula is C9H18NO3+. The van der Waals surface area contributed by atoms with Crippen LogP contribution in [0.15, 0.2) is 0 Å². The maximum absolute atomic E-state index is 11.2. The molecule has 0 aromatic heterocycles. The van der Waals surface area contributed by atoms with Crippen LogP contribution in [0.3, 0.4) is 0 Å². The number of hydrogen-bond donors (Lipinski definition) is 2. The van der Waals surface area contributed by atoms with Gasteiger partial charge in [-0.15, -0.1) is 0 Å². The van der Waals surface area contributed by atoms with Gasteiger partial charge in [-0.25, -0.2) is 4.48 Å². The Kier molecular flexibility index (Phi) is 2.38. The second kappa shape index (κ2) is 2.96. The second-order valence-corrected chi connectivity index (χ2v) is 4.77. The number of aliphatic hydroxyl groups is 1. The van der Waals surface area contributed by atoms with Crippen molar-refractivity contribution in [3.05, 3.63) is 0 Å². The first-order valence-corrected chi connectivity index (χ1v) is 4.58. The molecule has 0 bridgehead atoms. The summed E-state index contributed by atoms with van der Waals surface area (Å²) < 4.78 is -0.0197. The standard InChI is InChI=1S/C9H17NO3/c1-9(2,3)10(8(12)13)5-4-7(11)6-10/h7,11H,4-6H2,1-3H3/p+1/t7-,10?/m0/s1. The van der Waals surface area contributed by atoms with Crippen LogP contribution in [0.1, 0.15) is 27.2 Å². The third-order valence-electron chi connectivity index (χ3n) is 3.02. The van der Waals surface area contributed by atoms with E-state index in [1.54, 1.807) is 0 Å². The number of likely N-dealkylation sites (tertiary alicyclic amines) is 1. The van der Waals surface area contributed by atoms with Crippen molar-refractivity contribution in [1.82, 2.24) is 0 Å². The van der Waals surface area contributed by atoms with Crippen LogP contribution >= 0.6 is 0 Å². The van der Waals surface area contributed by atoms with Crippen molar-refractivity contribution in [2.75, 3.05) is 13.1 Å². The Labute approximate surface area is 78.4 Å². The molecule has 1 aliphatic rings. The molecule has 13 heavy (non-hydrogen) atoms. The number of amides is 1. The number of carboxylic acid groups (broad SMARTS) is 1. The maximum atomic E-state index is 11.2. The van der Waals surface area contributed by atoms with Crippen LogP contribution < -0.4 is 0 Å². The molecule has 1 heterocycles. The largest absolute Gasteiger partial charge is 0.514 e. The predicted octanol–water partition coefficient (Wildman–Crippen LogP) is 1.04. The molecule has 0 spiro atoms. The quantitative estimate of drug-likeness (QED) is 0.558. The first-order chi connectivity index (χ1) is 5.79. The Morgan fingerprint density at radius 2 is 2.00 bits per heavy atom. The summed E-state index contributed by atoms with van der Waals surface area (Å²) in [6, 6.07) is 0. The summed E-state index contributed by atoms with van der Waals surface area (Å²) in [5.74, 6) is 0. The number of rotatable bonds is 0. The third kappa shape index (κ3) is 1.56. The average molecular weight is 188 g/mol. The van der Waals surface area contributed by atoms with Crippen LogP contribution in [-0.4, -0.2) is 45.5 Å². The number of nitrogens with zero attached hydrogens (tertiary/aromatic N) is 1. The van der Waals surface area contributed by atoms with Crippen molar-refractivity contribution in [3.63, 3.8) is 0 Å². The van der Waals surface area contributed by atoms with Gasteiger partial charge in [0.1, 0.15) is 18.2 Å². The smallest absolute Gasteiger partial charge is 0.435 e. The van der Waals surface area contributed by atoms with Crippen molar-refractivity contribution < 1.29 is 19.5 Å². The fourth-order valence-corrected chi connectivity index (χ4v) is 1.98. The molecule has 0 aromatic carbocycles. The van der Waals surface area contributed by atoms with Gasteiger partial charge in [0.25, 0.3) is 0 Å². The molecule has 1 fully saturated rings. The molecule has 1 saturated heterocycles. The van der Waals surface area contributed by atoms with Crippen LogP contribution in [-0.2, 0) is 0 Å². The molecular weight excluding hydrogens is 170 g/mol. The fourth-order valence-electron chi connectivity index (χ4n) is 1.98. The Hall–Kier alpha value is -0.610. The van der Waals surface area contributed by atoms with Crippen LogP contribution in [0.2, 0.25) is 0 Å². The van der Waals surface area contributed by atoms with E-state index in [1.165, 1.54) is 0 Å². The van der Waals surface area contributed by atoms with Gasteiger partial charge in [-0.2, -0.15) is 4.79 Å². The number of aliphatic hydroxyl groups excluding tert-OH is 1. The summed E-state index contributed by atoms with van der Waals surface area (Å²) >= 11 is 0. The lowest BCUT2D eigenvalue weighted by Crippen LogP contribution is -2.62. The van der Waals surface area contributed by atoms with Gasteiger partial charge in [-0.1, -0.05) is 0 Å². The lowest BCUT2D eigenvalue weighted by atomic mass is 10.0. The summed E-state index contributed by atoms with van der Waals surface area (Å²) in [6.07, 6.45) is -0.705. The second-order valence-electron chi connectivity index (χ2n) is 4.77. The van der Waals surface area contributed by atoms with Crippen molar-refractivity contribution in [3.8, 4) is 0 Å². The zero-order valence-corrected chi connectivity index (χ0v) is 8.45. The maximum Gasteiger partial charge on any atom is 0.514 e. The van der Waals surface area contributed by atoms with Gasteiger partial charge in [0.15, 0.2) is 0 Å². The molecule has 0 saturated carbocycles. The summed E-state index contributed by atoms with van der Waals surface area (Å²) in [5, 5.41) is 18.6. The van der Waals surface area contributed by atoms with Gasteiger partial charge in [-0.3, -0.25) is 0 Å². The average Bonchev–Trinajstić information content (AvgIpc) is 2.30. The molecule has 1 unspecified atom stereocenters. The lowest BCUT2D eigenvalue weighted by Gasteiger charge is -2.40. The number of carbonyl (C=O) groups is 1. The van der Waals surface area contributed by atoms with E-state index in [2.05, 4.69) is 0 Å². The minimum absolute atomic E-state index is 0.0197. The van der Waals surface area contributed by atoms with E-state index >= 15 is 0 Å². The molecule has 76 valence electrons. The SMILES string of the molecule is CC(C)(C)[N+]1(C(=O)O)CC[C@H](O)C1. The van der Waals surface area contributed by atoms with Crippen LogP contribution in [0.4, 0.5) is 4.79 Å². The summed E-state index contributed by atoms with van der Waals surface area (Å²) in [4.78, 5) is 11.2. The third-order valence-corrected chi connectivity index (χ3v) is 3.02. The van der Waals surface area contributed by atoms with Gasteiger partial charge < -0.3 is 10.2 Å². The molecule has 1 aliphatic heterocycles. The first kappa shape index (κ1) is 10.5. The minimum Gasteiger partial charge on any atom is -0.435 e.